The van der Waals surface area contributed by atoms with Crippen LogP contribution in [0, 0.1) is 6.92 Å². The topological polar surface area (TPSA) is 3.24 Å². The summed E-state index contributed by atoms with van der Waals surface area (Å²) in [6.07, 6.45) is 0. The SMILES string of the molecule is Cc1ccc2c(c1)C(C)(C)c1cccc(N(c3ccccc3)c3cccc(C4(c5cccc(C(C)(C)C)c5)c5ccccc5-c5ccccc54)c3)c1-2. The largest absolute Gasteiger partial charge is 0.310 e. The molecule has 0 bridgehead atoms. The zero-order valence-electron chi connectivity index (χ0n) is 31.0. The van der Waals surface area contributed by atoms with Gasteiger partial charge in [0, 0.05) is 22.4 Å². The van der Waals surface area contributed by atoms with Gasteiger partial charge in [-0.25, -0.2) is 0 Å². The van der Waals surface area contributed by atoms with Gasteiger partial charge in [0.25, 0.3) is 0 Å². The van der Waals surface area contributed by atoms with Gasteiger partial charge in [0.2, 0.25) is 0 Å². The Morgan fingerprint density at radius 3 is 1.73 bits per heavy atom. The van der Waals surface area contributed by atoms with Crippen molar-refractivity contribution in [3.8, 4) is 22.3 Å². The van der Waals surface area contributed by atoms with Crippen LogP contribution in [0.2, 0.25) is 0 Å². The zero-order chi connectivity index (χ0) is 35.8. The number of para-hydroxylation sites is 1. The van der Waals surface area contributed by atoms with Crippen LogP contribution in [-0.4, -0.2) is 0 Å². The molecule has 0 amide bonds. The Kier molecular flexibility index (Phi) is 7.25. The molecule has 0 fully saturated rings. The summed E-state index contributed by atoms with van der Waals surface area (Å²) in [6.45, 7) is 13.9. The van der Waals surface area contributed by atoms with E-state index in [-0.39, 0.29) is 10.8 Å². The lowest BCUT2D eigenvalue weighted by atomic mass is 9.66. The van der Waals surface area contributed by atoms with Crippen molar-refractivity contribution in [2.75, 3.05) is 4.90 Å². The first kappa shape index (κ1) is 32.3. The molecule has 0 radical (unpaired) electrons. The number of benzene rings is 7. The first-order valence-corrected chi connectivity index (χ1v) is 18.6. The molecule has 0 atom stereocenters. The lowest BCUT2D eigenvalue weighted by molar-refractivity contribution is 0.587. The van der Waals surface area contributed by atoms with Crippen LogP contribution >= 0.6 is 0 Å². The predicted octanol–water partition coefficient (Wildman–Crippen LogP) is 13.4. The molecule has 0 spiro atoms. The van der Waals surface area contributed by atoms with E-state index in [2.05, 4.69) is 210 Å². The van der Waals surface area contributed by atoms with Gasteiger partial charge >= 0.3 is 0 Å². The number of anilines is 3. The Hall–Kier alpha value is -5.66. The number of fused-ring (bicyclic) bond motifs is 6. The second kappa shape index (κ2) is 11.7. The van der Waals surface area contributed by atoms with Crippen LogP contribution in [0.15, 0.2) is 164 Å². The summed E-state index contributed by atoms with van der Waals surface area (Å²) >= 11 is 0. The number of nitrogens with zero attached hydrogens (tertiary/aromatic N) is 1. The average Bonchev–Trinajstić information content (AvgIpc) is 3.58. The molecule has 2 aliphatic carbocycles. The summed E-state index contributed by atoms with van der Waals surface area (Å²) in [4.78, 5) is 2.49. The van der Waals surface area contributed by atoms with Crippen molar-refractivity contribution in [1.82, 2.24) is 0 Å². The van der Waals surface area contributed by atoms with E-state index in [0.717, 1.165) is 11.4 Å². The maximum Gasteiger partial charge on any atom is 0.0714 e. The van der Waals surface area contributed by atoms with Crippen LogP contribution in [0.3, 0.4) is 0 Å². The van der Waals surface area contributed by atoms with E-state index in [9.17, 15) is 0 Å². The molecule has 1 heteroatoms. The minimum absolute atomic E-state index is 0.0110. The first-order chi connectivity index (χ1) is 25.1. The molecule has 0 heterocycles. The summed E-state index contributed by atoms with van der Waals surface area (Å²) in [5.74, 6) is 0. The fourth-order valence-electron chi connectivity index (χ4n) is 9.19. The van der Waals surface area contributed by atoms with Crippen LogP contribution in [0.25, 0.3) is 22.3 Å². The minimum Gasteiger partial charge on any atom is -0.310 e. The van der Waals surface area contributed by atoms with Gasteiger partial charge in [-0.1, -0.05) is 174 Å². The van der Waals surface area contributed by atoms with Crippen LogP contribution in [0.1, 0.15) is 79.1 Å². The summed E-state index contributed by atoms with van der Waals surface area (Å²) in [5, 5.41) is 0. The number of hydrogen-bond acceptors (Lipinski definition) is 1. The van der Waals surface area contributed by atoms with Crippen molar-refractivity contribution in [2.24, 2.45) is 0 Å². The van der Waals surface area contributed by atoms with E-state index in [1.54, 1.807) is 0 Å². The van der Waals surface area contributed by atoms with Crippen molar-refractivity contribution < 1.29 is 0 Å². The molecule has 1 nitrogen and oxygen atoms in total. The number of hydrogen-bond donors (Lipinski definition) is 0. The lowest BCUT2D eigenvalue weighted by Crippen LogP contribution is -2.29. The predicted molar refractivity (Wildman–Crippen MR) is 219 cm³/mol. The molecule has 254 valence electrons. The first-order valence-electron chi connectivity index (χ1n) is 18.6. The normalized spacial score (nSPS) is 14.7. The third-order valence-corrected chi connectivity index (χ3v) is 11.7. The monoisotopic (exact) mass is 671 g/mol. The van der Waals surface area contributed by atoms with E-state index in [0.29, 0.717) is 0 Å². The highest BCUT2D eigenvalue weighted by molar-refractivity contribution is 5.95. The molecular weight excluding hydrogens is 627 g/mol. The molecule has 0 N–H and O–H groups in total. The maximum absolute atomic E-state index is 2.49. The van der Waals surface area contributed by atoms with Crippen molar-refractivity contribution >= 4 is 17.1 Å². The fourth-order valence-corrected chi connectivity index (χ4v) is 9.19. The molecule has 0 saturated heterocycles. The molecule has 0 aromatic heterocycles. The van der Waals surface area contributed by atoms with E-state index in [1.165, 1.54) is 72.4 Å². The van der Waals surface area contributed by atoms with Gasteiger partial charge in [0.1, 0.15) is 0 Å². The number of rotatable bonds is 5. The second-order valence-corrected chi connectivity index (χ2v) is 16.3. The van der Waals surface area contributed by atoms with Crippen LogP contribution < -0.4 is 4.90 Å². The molecule has 0 aliphatic heterocycles. The minimum atomic E-state index is -0.502. The summed E-state index contributed by atoms with van der Waals surface area (Å²) in [6, 6.07) is 61.6. The third-order valence-electron chi connectivity index (χ3n) is 11.7. The summed E-state index contributed by atoms with van der Waals surface area (Å²) in [7, 11) is 0. The van der Waals surface area contributed by atoms with Gasteiger partial charge in [0.05, 0.1) is 11.1 Å². The van der Waals surface area contributed by atoms with Crippen LogP contribution in [0.5, 0.6) is 0 Å². The van der Waals surface area contributed by atoms with Crippen molar-refractivity contribution in [3.05, 3.63) is 208 Å². The fraction of sp³-hybridized carbons (Fsp3) is 0.176. The van der Waals surface area contributed by atoms with Gasteiger partial charge in [-0.2, -0.15) is 0 Å². The van der Waals surface area contributed by atoms with Crippen molar-refractivity contribution in [3.63, 3.8) is 0 Å². The van der Waals surface area contributed by atoms with Gasteiger partial charge in [-0.3, -0.25) is 0 Å². The van der Waals surface area contributed by atoms with Gasteiger partial charge in [-0.15, -0.1) is 0 Å². The van der Waals surface area contributed by atoms with Gasteiger partial charge in [0.15, 0.2) is 0 Å². The van der Waals surface area contributed by atoms with Crippen molar-refractivity contribution in [1.29, 1.82) is 0 Å². The van der Waals surface area contributed by atoms with Gasteiger partial charge < -0.3 is 4.90 Å². The highest BCUT2D eigenvalue weighted by Crippen LogP contribution is 2.58. The van der Waals surface area contributed by atoms with E-state index in [1.807, 2.05) is 0 Å². The molecule has 7 aromatic rings. The molecule has 2 aliphatic rings. The van der Waals surface area contributed by atoms with E-state index >= 15 is 0 Å². The standard InChI is InChI=1S/C51H45N/c1-34-29-30-42-46(31-34)50(5,6)45-27-16-28-47(48(42)45)52(38-20-8-7-9-21-38)39-22-15-19-37(33-39)51(36-18-14-17-35(32-36)49(2,3)4)43-25-12-10-23-40(43)41-24-11-13-26-44(41)51/h7-33H,1-6H3. The second-order valence-electron chi connectivity index (χ2n) is 16.3. The Bertz CT molecular complexity index is 2450. The van der Waals surface area contributed by atoms with Crippen molar-refractivity contribution in [2.45, 2.75) is 57.8 Å². The Labute approximate surface area is 309 Å². The number of aryl methyl sites for hydroxylation is 1. The van der Waals surface area contributed by atoms with E-state index in [4.69, 9.17) is 0 Å². The average molecular weight is 672 g/mol. The molecule has 0 saturated carbocycles. The van der Waals surface area contributed by atoms with Gasteiger partial charge in [-0.05, 0) is 98.3 Å². The molecule has 52 heavy (non-hydrogen) atoms. The molecule has 7 aromatic carbocycles. The highest BCUT2D eigenvalue weighted by atomic mass is 15.1. The Balaban J connectivity index is 1.34. The molecule has 0 unspecified atom stereocenters. The summed E-state index contributed by atoms with van der Waals surface area (Å²) in [5.41, 5.74) is 18.8. The highest BCUT2D eigenvalue weighted by Gasteiger charge is 2.46. The Morgan fingerprint density at radius 1 is 0.462 bits per heavy atom. The third kappa shape index (κ3) is 4.68. The zero-order valence-corrected chi connectivity index (χ0v) is 31.0. The molecule has 9 rings (SSSR count). The lowest BCUT2D eigenvalue weighted by Gasteiger charge is -2.36. The summed E-state index contributed by atoms with van der Waals surface area (Å²) < 4.78 is 0. The maximum atomic E-state index is 2.49. The smallest absolute Gasteiger partial charge is 0.0714 e. The quantitative estimate of drug-likeness (QED) is 0.176. The van der Waals surface area contributed by atoms with E-state index < -0.39 is 5.41 Å². The molecular formula is C51H45N. The van der Waals surface area contributed by atoms with Crippen LogP contribution in [0.4, 0.5) is 17.1 Å². The van der Waals surface area contributed by atoms with Crippen LogP contribution in [-0.2, 0) is 16.2 Å². The Morgan fingerprint density at radius 2 is 1.04 bits per heavy atom.